The fraction of sp³-hybridized carbons (Fsp3) is 0.667. The molecule has 0 spiro atoms. The number of nitrogens with zero attached hydrogens (tertiary/aromatic N) is 2. The fourth-order valence-corrected chi connectivity index (χ4v) is 2.33. The van der Waals surface area contributed by atoms with Crippen molar-refractivity contribution in [3.05, 3.63) is 22.7 Å². The van der Waals surface area contributed by atoms with Crippen LogP contribution < -0.4 is 11.4 Å². The Balaban J connectivity index is 0.000000311. The molecule has 160 valence electrons. The van der Waals surface area contributed by atoms with Crippen molar-refractivity contribution in [2.45, 2.75) is 49.3 Å². The first kappa shape index (κ1) is 24.1. The number of hydrogen-bond acceptors (Lipinski definition) is 12. The highest BCUT2D eigenvalue weighted by atomic mass is 16.6. The molecule has 1 aliphatic heterocycles. The second-order valence-corrected chi connectivity index (χ2v) is 5.98. The molecule has 1 aliphatic rings. The molecule has 0 aromatic carbocycles. The summed E-state index contributed by atoms with van der Waals surface area (Å²) in [5.74, 6) is 0.0537. The summed E-state index contributed by atoms with van der Waals surface area (Å²) < 4.78 is 6.19. The van der Waals surface area contributed by atoms with E-state index < -0.39 is 61.8 Å². The molecule has 2 rings (SSSR count). The molecule has 13 nitrogen and oxygen atoms in total. The van der Waals surface area contributed by atoms with E-state index >= 15 is 0 Å². The van der Waals surface area contributed by atoms with Gasteiger partial charge in [0, 0.05) is 12.6 Å². The lowest BCUT2D eigenvalue weighted by Gasteiger charge is -2.19. The van der Waals surface area contributed by atoms with E-state index in [0.29, 0.717) is 6.29 Å². The summed E-state index contributed by atoms with van der Waals surface area (Å²) in [5, 5.41) is 63.0. The molecule has 3 unspecified atom stereocenters. The van der Waals surface area contributed by atoms with Crippen LogP contribution in [0.3, 0.4) is 0 Å². The molecule has 1 aromatic heterocycles. The van der Waals surface area contributed by atoms with Gasteiger partial charge in [0.1, 0.15) is 42.6 Å². The van der Waals surface area contributed by atoms with E-state index in [4.69, 9.17) is 36.0 Å². The summed E-state index contributed by atoms with van der Waals surface area (Å²) in [6, 6.07) is 1.37. The summed E-state index contributed by atoms with van der Waals surface area (Å²) in [6.07, 6.45) is -7.27. The number of aldehydes is 1. The first-order valence-electron chi connectivity index (χ1n) is 8.23. The molecule has 9 N–H and O–H groups in total. The third kappa shape index (κ3) is 6.02. The number of nitrogen functional groups attached to an aromatic ring is 1. The molecule has 0 aliphatic carbocycles. The van der Waals surface area contributed by atoms with Crippen molar-refractivity contribution in [2.24, 2.45) is 0 Å². The van der Waals surface area contributed by atoms with Crippen molar-refractivity contribution in [3.63, 3.8) is 0 Å². The molecule has 0 bridgehead atoms. The Hall–Kier alpha value is -1.97. The van der Waals surface area contributed by atoms with Crippen LogP contribution in [0.4, 0.5) is 5.82 Å². The van der Waals surface area contributed by atoms with Crippen LogP contribution in [0.25, 0.3) is 0 Å². The number of rotatable bonds is 7. The van der Waals surface area contributed by atoms with Crippen LogP contribution in [0.1, 0.15) is 12.6 Å². The van der Waals surface area contributed by atoms with Gasteiger partial charge in [0.25, 0.3) is 0 Å². The smallest absolute Gasteiger partial charge is 0.351 e. The van der Waals surface area contributed by atoms with E-state index in [1.807, 2.05) is 0 Å². The van der Waals surface area contributed by atoms with Gasteiger partial charge in [-0.25, -0.2) is 4.79 Å². The minimum absolute atomic E-state index is 0.0537. The Bertz CT molecular complexity index is 672. The summed E-state index contributed by atoms with van der Waals surface area (Å²) in [6.45, 7) is -1.09. The number of aromatic nitrogens is 2. The fourth-order valence-electron chi connectivity index (χ4n) is 2.33. The van der Waals surface area contributed by atoms with Crippen LogP contribution in [0.15, 0.2) is 17.1 Å². The predicted octanol–water partition coefficient (Wildman–Crippen LogP) is -4.91. The second kappa shape index (κ2) is 11.1. The maximum Gasteiger partial charge on any atom is 0.351 e. The number of hydrogen-bond donors (Lipinski definition) is 8. The number of anilines is 1. The van der Waals surface area contributed by atoms with Gasteiger partial charge in [0.15, 0.2) is 6.23 Å². The van der Waals surface area contributed by atoms with E-state index in [2.05, 4.69) is 4.98 Å². The largest absolute Gasteiger partial charge is 0.394 e. The van der Waals surface area contributed by atoms with Crippen LogP contribution >= 0.6 is 0 Å². The van der Waals surface area contributed by atoms with Crippen LogP contribution in [0, 0.1) is 0 Å². The van der Waals surface area contributed by atoms with E-state index in [0.717, 1.165) is 4.57 Å². The molecule has 0 amide bonds. The normalized spacial score (nSPS) is 27.4. The number of carbonyl (C=O) groups excluding carboxylic acids is 1. The monoisotopic (exact) mass is 407 g/mol. The van der Waals surface area contributed by atoms with Crippen molar-refractivity contribution < 1.29 is 45.3 Å². The van der Waals surface area contributed by atoms with Gasteiger partial charge in [-0.15, -0.1) is 0 Å². The highest BCUT2D eigenvalue weighted by Crippen LogP contribution is 2.27. The SMILES string of the molecule is Nc1ccn([C@@H]2O[C@H](CO)[C@@H](O)[C@H]2O)c(=O)n1.O=CCC(O)C(O)C(O)CO. The van der Waals surface area contributed by atoms with Gasteiger partial charge < -0.3 is 51.0 Å². The highest BCUT2D eigenvalue weighted by molar-refractivity contribution is 5.50. The summed E-state index contributed by atoms with van der Waals surface area (Å²) in [4.78, 5) is 24.8. The Morgan fingerprint density at radius 3 is 2.32 bits per heavy atom. The van der Waals surface area contributed by atoms with Crippen molar-refractivity contribution in [1.29, 1.82) is 0 Å². The van der Waals surface area contributed by atoms with E-state index in [1.165, 1.54) is 12.3 Å². The zero-order valence-corrected chi connectivity index (χ0v) is 14.7. The van der Waals surface area contributed by atoms with Gasteiger partial charge in [-0.3, -0.25) is 4.57 Å². The number of carbonyl (C=O) groups is 1. The third-order valence-electron chi connectivity index (χ3n) is 3.96. The van der Waals surface area contributed by atoms with Crippen LogP contribution in [-0.4, -0.2) is 101 Å². The zero-order chi connectivity index (χ0) is 21.4. The number of aliphatic hydroxyl groups excluding tert-OH is 7. The second-order valence-electron chi connectivity index (χ2n) is 5.98. The minimum Gasteiger partial charge on any atom is -0.394 e. The standard InChI is InChI=1S/C9H13N3O5.C6H12O5/c10-5-1-2-12(9(16)11-5)8-7(15)6(14)4(3-13)17-8;7-2-1-4(9)6(11)5(10)3-8/h1-2,4,6-8,13-15H,3H2,(H2,10,11,16);2,4-6,8-11H,1,3H2/t4-,6-,7-,8-;/m1./s1. The van der Waals surface area contributed by atoms with Gasteiger partial charge in [-0.2, -0.15) is 4.98 Å². The molecular weight excluding hydrogens is 382 g/mol. The van der Waals surface area contributed by atoms with Gasteiger partial charge in [0.2, 0.25) is 0 Å². The average Bonchev–Trinajstić information content (AvgIpc) is 2.95. The van der Waals surface area contributed by atoms with Gasteiger partial charge in [-0.1, -0.05) is 0 Å². The first-order valence-corrected chi connectivity index (χ1v) is 8.23. The van der Waals surface area contributed by atoms with Gasteiger partial charge in [-0.05, 0) is 6.07 Å². The lowest BCUT2D eigenvalue weighted by Crippen LogP contribution is -2.39. The van der Waals surface area contributed by atoms with Crippen molar-refractivity contribution in [2.75, 3.05) is 18.9 Å². The molecule has 28 heavy (non-hydrogen) atoms. The Kier molecular flexibility index (Phi) is 9.57. The zero-order valence-electron chi connectivity index (χ0n) is 14.7. The Labute approximate surface area is 158 Å². The maximum absolute atomic E-state index is 11.5. The highest BCUT2D eigenvalue weighted by Gasteiger charge is 2.43. The number of nitrogens with two attached hydrogens (primary N) is 1. The average molecular weight is 407 g/mol. The molecule has 2 heterocycles. The van der Waals surface area contributed by atoms with Gasteiger partial charge in [0.05, 0.1) is 19.3 Å². The topological polar surface area (TPSA) is 229 Å². The summed E-state index contributed by atoms with van der Waals surface area (Å²) in [5.41, 5.74) is 4.63. The lowest BCUT2D eigenvalue weighted by atomic mass is 10.1. The maximum atomic E-state index is 11.5. The van der Waals surface area contributed by atoms with Crippen molar-refractivity contribution in [1.82, 2.24) is 9.55 Å². The molecule has 1 aromatic rings. The number of aliphatic hydroxyl groups is 7. The summed E-state index contributed by atoms with van der Waals surface area (Å²) >= 11 is 0. The quantitative estimate of drug-likeness (QED) is 0.199. The molecule has 1 saturated heterocycles. The molecule has 7 atom stereocenters. The Morgan fingerprint density at radius 1 is 1.21 bits per heavy atom. The molecular formula is C15H25N3O10. The molecule has 13 heteroatoms. The van der Waals surface area contributed by atoms with Crippen molar-refractivity contribution >= 4 is 12.1 Å². The molecule has 1 fully saturated rings. The molecule has 0 radical (unpaired) electrons. The van der Waals surface area contributed by atoms with E-state index in [1.54, 1.807) is 0 Å². The molecule has 0 saturated carbocycles. The van der Waals surface area contributed by atoms with Crippen LogP contribution in [-0.2, 0) is 9.53 Å². The van der Waals surface area contributed by atoms with Crippen molar-refractivity contribution in [3.8, 4) is 0 Å². The van der Waals surface area contributed by atoms with Gasteiger partial charge >= 0.3 is 5.69 Å². The van der Waals surface area contributed by atoms with E-state index in [-0.39, 0.29) is 12.2 Å². The summed E-state index contributed by atoms with van der Waals surface area (Å²) in [7, 11) is 0. The number of ether oxygens (including phenoxy) is 1. The Morgan fingerprint density at radius 2 is 1.86 bits per heavy atom. The first-order chi connectivity index (χ1) is 13.2. The third-order valence-corrected chi connectivity index (χ3v) is 3.96. The minimum atomic E-state index is -1.47. The van der Waals surface area contributed by atoms with Crippen LogP contribution in [0.2, 0.25) is 0 Å². The van der Waals surface area contributed by atoms with Crippen LogP contribution in [0.5, 0.6) is 0 Å². The lowest BCUT2D eigenvalue weighted by molar-refractivity contribution is -0.115. The van der Waals surface area contributed by atoms with E-state index in [9.17, 15) is 19.8 Å². The predicted molar refractivity (Wildman–Crippen MR) is 91.7 cm³/mol.